The van der Waals surface area contributed by atoms with Gasteiger partial charge >= 0.3 is 0 Å². The largest absolute Gasteiger partial charge is 0.370 e. The first-order valence-electron chi connectivity index (χ1n) is 13.1. The summed E-state index contributed by atoms with van der Waals surface area (Å²) < 4.78 is 34.8. The van der Waals surface area contributed by atoms with Crippen LogP contribution in [0.3, 0.4) is 0 Å². The Morgan fingerprint density at radius 3 is 2.37 bits per heavy atom. The maximum absolute atomic E-state index is 13.7. The molecule has 0 N–H and O–H groups in total. The standard InChI is InChI=1S/C27H37N3O4S/c31-27(29-18-13-23(14-19-29)28-15-5-6-16-28)21-34-20-24-10-3-4-17-30(24)35(32,33)26-12-7-9-22-8-1-2-11-25(22)26/h1-2,7-9,11-12,23-24H,3-6,10,13-21H2. The van der Waals surface area contributed by atoms with Crippen molar-refractivity contribution in [2.24, 2.45) is 0 Å². The van der Waals surface area contributed by atoms with Crippen LogP contribution in [0.5, 0.6) is 0 Å². The molecule has 2 aromatic carbocycles. The minimum atomic E-state index is -3.67. The molecule has 1 unspecified atom stereocenters. The van der Waals surface area contributed by atoms with Gasteiger partial charge in [-0.05, 0) is 63.1 Å². The highest BCUT2D eigenvalue weighted by Crippen LogP contribution is 2.30. The third-order valence-corrected chi connectivity index (χ3v) is 9.93. The molecule has 0 aromatic heterocycles. The first-order valence-corrected chi connectivity index (χ1v) is 14.6. The average molecular weight is 500 g/mol. The zero-order chi connectivity index (χ0) is 24.3. The normalized spacial score (nSPS) is 23.2. The van der Waals surface area contributed by atoms with Gasteiger partial charge in [-0.2, -0.15) is 4.31 Å². The second-order valence-corrected chi connectivity index (χ2v) is 12.0. The predicted molar refractivity (Wildman–Crippen MR) is 137 cm³/mol. The van der Waals surface area contributed by atoms with Crippen molar-refractivity contribution in [2.45, 2.75) is 61.9 Å². The Bertz CT molecular complexity index is 1120. The minimum Gasteiger partial charge on any atom is -0.370 e. The topological polar surface area (TPSA) is 70.2 Å². The molecule has 0 spiro atoms. The molecule has 0 radical (unpaired) electrons. The van der Waals surface area contributed by atoms with Crippen molar-refractivity contribution in [1.82, 2.24) is 14.1 Å². The summed E-state index contributed by atoms with van der Waals surface area (Å²) in [6, 6.07) is 13.4. The molecule has 0 saturated carbocycles. The number of fused-ring (bicyclic) bond motifs is 1. The van der Waals surface area contributed by atoms with Crippen molar-refractivity contribution in [3.8, 4) is 0 Å². The van der Waals surface area contributed by atoms with Gasteiger partial charge in [-0.25, -0.2) is 8.42 Å². The molecule has 5 rings (SSSR count). The molecule has 3 fully saturated rings. The molecule has 0 aliphatic carbocycles. The summed E-state index contributed by atoms with van der Waals surface area (Å²) in [5, 5.41) is 1.66. The summed E-state index contributed by atoms with van der Waals surface area (Å²) in [4.78, 5) is 17.6. The van der Waals surface area contributed by atoms with Gasteiger partial charge in [0, 0.05) is 37.1 Å². The number of hydrogen-bond acceptors (Lipinski definition) is 5. The third-order valence-electron chi connectivity index (χ3n) is 7.92. The van der Waals surface area contributed by atoms with Crippen LogP contribution in [-0.2, 0) is 19.6 Å². The van der Waals surface area contributed by atoms with Gasteiger partial charge in [0.05, 0.1) is 11.5 Å². The van der Waals surface area contributed by atoms with Crippen molar-refractivity contribution in [3.63, 3.8) is 0 Å². The molecular weight excluding hydrogens is 462 g/mol. The molecule has 190 valence electrons. The van der Waals surface area contributed by atoms with Crippen LogP contribution in [0.4, 0.5) is 0 Å². The van der Waals surface area contributed by atoms with E-state index in [-0.39, 0.29) is 25.2 Å². The SMILES string of the molecule is O=C(COCC1CCCCN1S(=O)(=O)c1cccc2ccccc12)N1CCC(N2CCCC2)CC1. The minimum absolute atomic E-state index is 0.0177. The summed E-state index contributed by atoms with van der Waals surface area (Å²) in [6.07, 6.45) is 7.21. The molecule has 3 heterocycles. The predicted octanol–water partition coefficient (Wildman–Crippen LogP) is 3.49. The Kier molecular flexibility index (Phi) is 7.72. The fourth-order valence-corrected chi connectivity index (χ4v) is 7.86. The number of carbonyl (C=O) groups excluding carboxylic acids is 1. The lowest BCUT2D eigenvalue weighted by Crippen LogP contribution is -2.48. The van der Waals surface area contributed by atoms with Crippen LogP contribution in [0.1, 0.15) is 44.9 Å². The molecule has 0 bridgehead atoms. The van der Waals surface area contributed by atoms with Crippen molar-refractivity contribution in [3.05, 3.63) is 42.5 Å². The van der Waals surface area contributed by atoms with Crippen LogP contribution in [0.15, 0.2) is 47.4 Å². The highest BCUT2D eigenvalue weighted by molar-refractivity contribution is 7.89. The van der Waals surface area contributed by atoms with E-state index in [4.69, 9.17) is 4.74 Å². The number of piperidine rings is 2. The number of sulfonamides is 1. The summed E-state index contributed by atoms with van der Waals surface area (Å²) in [5.74, 6) is 0.0177. The molecular formula is C27H37N3O4S. The molecule has 3 aliphatic rings. The second-order valence-electron chi connectivity index (χ2n) is 10.1. The van der Waals surface area contributed by atoms with Gasteiger partial charge in [0.15, 0.2) is 0 Å². The number of hydrogen-bond donors (Lipinski definition) is 0. The lowest BCUT2D eigenvalue weighted by molar-refractivity contribution is -0.138. The van der Waals surface area contributed by atoms with Gasteiger partial charge in [-0.15, -0.1) is 0 Å². The lowest BCUT2D eigenvalue weighted by Gasteiger charge is -2.37. The highest BCUT2D eigenvalue weighted by atomic mass is 32.2. The Morgan fingerprint density at radius 1 is 0.857 bits per heavy atom. The van der Waals surface area contributed by atoms with Crippen LogP contribution in [0, 0.1) is 0 Å². The quantitative estimate of drug-likeness (QED) is 0.583. The Balaban J connectivity index is 1.18. The third kappa shape index (κ3) is 5.40. The van der Waals surface area contributed by atoms with Gasteiger partial charge < -0.3 is 14.5 Å². The number of nitrogens with zero attached hydrogens (tertiary/aromatic N) is 3. The average Bonchev–Trinajstić information content (AvgIpc) is 3.44. The van der Waals surface area contributed by atoms with Crippen LogP contribution in [-0.4, -0.2) is 86.5 Å². The highest BCUT2D eigenvalue weighted by Gasteiger charge is 2.35. The first kappa shape index (κ1) is 24.7. The Morgan fingerprint density at radius 2 is 1.57 bits per heavy atom. The van der Waals surface area contributed by atoms with Gasteiger partial charge in [0.1, 0.15) is 6.61 Å². The Labute approximate surface area is 209 Å². The maximum atomic E-state index is 13.7. The van der Waals surface area contributed by atoms with Crippen molar-refractivity contribution < 1.29 is 17.9 Å². The molecule has 3 saturated heterocycles. The summed E-state index contributed by atoms with van der Waals surface area (Å²) in [6.45, 7) is 4.72. The molecule has 35 heavy (non-hydrogen) atoms. The number of ether oxygens (including phenoxy) is 1. The number of rotatable bonds is 7. The summed E-state index contributed by atoms with van der Waals surface area (Å²) in [5.41, 5.74) is 0. The maximum Gasteiger partial charge on any atom is 0.248 e. The van der Waals surface area contributed by atoms with E-state index in [1.807, 2.05) is 35.2 Å². The molecule has 1 amide bonds. The van der Waals surface area contributed by atoms with Crippen LogP contribution in [0.2, 0.25) is 0 Å². The van der Waals surface area contributed by atoms with E-state index in [1.54, 1.807) is 16.4 Å². The Hall–Kier alpha value is -2.00. The lowest BCUT2D eigenvalue weighted by atomic mass is 10.0. The first-order chi connectivity index (χ1) is 17.0. The number of benzene rings is 2. The van der Waals surface area contributed by atoms with Crippen LogP contribution < -0.4 is 0 Å². The molecule has 1 atom stereocenters. The van der Waals surface area contributed by atoms with Gasteiger partial charge in [0.2, 0.25) is 15.9 Å². The smallest absolute Gasteiger partial charge is 0.248 e. The molecule has 7 nitrogen and oxygen atoms in total. The van der Waals surface area contributed by atoms with Crippen molar-refractivity contribution in [1.29, 1.82) is 0 Å². The van der Waals surface area contributed by atoms with Crippen LogP contribution >= 0.6 is 0 Å². The van der Waals surface area contributed by atoms with Crippen molar-refractivity contribution in [2.75, 3.05) is 45.9 Å². The van der Waals surface area contributed by atoms with E-state index < -0.39 is 10.0 Å². The fourth-order valence-electron chi connectivity index (χ4n) is 5.96. The summed E-state index contributed by atoms with van der Waals surface area (Å²) >= 11 is 0. The van der Waals surface area contributed by atoms with Crippen molar-refractivity contribution >= 4 is 26.7 Å². The second kappa shape index (κ2) is 10.9. The van der Waals surface area contributed by atoms with E-state index in [0.717, 1.165) is 56.0 Å². The number of amides is 1. The fraction of sp³-hybridized carbons (Fsp3) is 0.593. The van der Waals surface area contributed by atoms with Gasteiger partial charge in [0.25, 0.3) is 0 Å². The number of carbonyl (C=O) groups is 1. The van der Waals surface area contributed by atoms with E-state index in [0.29, 0.717) is 17.5 Å². The van der Waals surface area contributed by atoms with E-state index in [9.17, 15) is 13.2 Å². The van der Waals surface area contributed by atoms with Gasteiger partial charge in [-0.1, -0.05) is 42.8 Å². The number of likely N-dealkylation sites (tertiary alicyclic amines) is 2. The van der Waals surface area contributed by atoms with Gasteiger partial charge in [-0.3, -0.25) is 4.79 Å². The summed E-state index contributed by atoms with van der Waals surface area (Å²) in [7, 11) is -3.67. The van der Waals surface area contributed by atoms with E-state index >= 15 is 0 Å². The van der Waals surface area contributed by atoms with E-state index in [1.165, 1.54) is 25.9 Å². The van der Waals surface area contributed by atoms with Crippen LogP contribution in [0.25, 0.3) is 10.8 Å². The molecule has 3 aliphatic heterocycles. The zero-order valence-corrected chi connectivity index (χ0v) is 21.3. The monoisotopic (exact) mass is 499 g/mol. The molecule has 2 aromatic rings. The zero-order valence-electron chi connectivity index (χ0n) is 20.5. The molecule has 8 heteroatoms. The van der Waals surface area contributed by atoms with E-state index in [2.05, 4.69) is 4.90 Å².